The second kappa shape index (κ2) is 8.93. The van der Waals surface area contributed by atoms with Crippen LogP contribution in [0.2, 0.25) is 0 Å². The summed E-state index contributed by atoms with van der Waals surface area (Å²) in [6.07, 6.45) is 0.0349. The largest absolute Gasteiger partial charge is 0.444 e. The van der Waals surface area contributed by atoms with Crippen LogP contribution >= 0.6 is 0 Å². The first kappa shape index (κ1) is 22.5. The topological polar surface area (TPSA) is 96.9 Å². The molecule has 1 fully saturated rings. The van der Waals surface area contributed by atoms with Crippen molar-refractivity contribution in [2.24, 2.45) is 17.8 Å². The zero-order chi connectivity index (χ0) is 20.1. The van der Waals surface area contributed by atoms with E-state index >= 15 is 0 Å². The number of ether oxygens (including phenoxy) is 2. The number of nitrogens with one attached hydrogen (secondary N) is 2. The molecule has 4 atom stereocenters. The number of carbonyl (C=O) groups is 2. The molecule has 0 aromatic rings. The summed E-state index contributed by atoms with van der Waals surface area (Å²) in [7, 11) is 0. The Morgan fingerprint density at radius 3 is 1.65 bits per heavy atom. The lowest BCUT2D eigenvalue weighted by atomic mass is 9.73. The van der Waals surface area contributed by atoms with Gasteiger partial charge in [-0.05, 0) is 72.1 Å². The zero-order valence-electron chi connectivity index (χ0n) is 17.2. The zero-order valence-corrected chi connectivity index (χ0v) is 17.2. The molecule has 1 saturated carbocycles. The minimum Gasteiger partial charge on any atom is -0.444 e. The van der Waals surface area contributed by atoms with Crippen molar-refractivity contribution in [3.63, 3.8) is 0 Å². The fourth-order valence-corrected chi connectivity index (χ4v) is 3.12. The Kier molecular flexibility index (Phi) is 7.74. The Morgan fingerprint density at radius 2 is 1.27 bits per heavy atom. The maximum absolute atomic E-state index is 11.9. The van der Waals surface area contributed by atoms with Gasteiger partial charge in [0.15, 0.2) is 0 Å². The number of rotatable bonds is 4. The Labute approximate surface area is 157 Å². The number of amides is 2. The van der Waals surface area contributed by atoms with E-state index in [1.807, 2.05) is 48.5 Å². The van der Waals surface area contributed by atoms with Crippen LogP contribution in [0.5, 0.6) is 0 Å². The Balaban J connectivity index is 2.58. The van der Waals surface area contributed by atoms with Crippen LogP contribution in [0, 0.1) is 17.8 Å². The maximum Gasteiger partial charge on any atom is 0.407 e. The van der Waals surface area contributed by atoms with Crippen molar-refractivity contribution in [2.45, 2.75) is 78.6 Å². The highest BCUT2D eigenvalue weighted by molar-refractivity contribution is 5.68. The minimum absolute atomic E-state index is 0.0589. The molecule has 0 aliphatic heterocycles. The first-order valence-electron chi connectivity index (χ1n) is 9.38. The van der Waals surface area contributed by atoms with E-state index in [9.17, 15) is 14.7 Å². The molecule has 0 aromatic heterocycles. The van der Waals surface area contributed by atoms with Crippen molar-refractivity contribution in [1.29, 1.82) is 0 Å². The number of hydrogen-bond donors (Lipinski definition) is 3. The number of carbonyl (C=O) groups excluding carboxylic acids is 2. The van der Waals surface area contributed by atoms with Crippen LogP contribution in [-0.4, -0.2) is 47.7 Å². The molecule has 0 heterocycles. The third-order valence-electron chi connectivity index (χ3n) is 4.36. The SMILES string of the molecule is C[C@@H]1CC(CNC(=O)OC(C)(C)C)[C@H](CNC(=O)OC(C)(C)C)CC1O. The van der Waals surface area contributed by atoms with Crippen LogP contribution in [0.4, 0.5) is 9.59 Å². The van der Waals surface area contributed by atoms with Crippen LogP contribution in [0.1, 0.15) is 61.3 Å². The number of aliphatic hydroxyl groups excluding tert-OH is 1. The molecule has 1 aliphatic carbocycles. The summed E-state index contributed by atoms with van der Waals surface area (Å²) in [6.45, 7) is 13.7. The Bertz CT molecular complexity index is 437. The van der Waals surface area contributed by atoms with Gasteiger partial charge in [0.2, 0.25) is 0 Å². The molecule has 2 amide bonds. The van der Waals surface area contributed by atoms with Crippen molar-refractivity contribution < 1.29 is 24.2 Å². The highest BCUT2D eigenvalue weighted by Gasteiger charge is 2.35. The summed E-state index contributed by atoms with van der Waals surface area (Å²) >= 11 is 0. The Hall–Kier alpha value is -1.50. The van der Waals surface area contributed by atoms with E-state index < -0.39 is 29.5 Å². The lowest BCUT2D eigenvalue weighted by Crippen LogP contribution is -2.46. The van der Waals surface area contributed by atoms with E-state index in [2.05, 4.69) is 10.6 Å². The predicted molar refractivity (Wildman–Crippen MR) is 99.9 cm³/mol. The molecule has 1 aliphatic rings. The van der Waals surface area contributed by atoms with Crippen LogP contribution in [0.3, 0.4) is 0 Å². The molecule has 7 heteroatoms. The standard InChI is InChI=1S/C19H36N2O5/c1-12-8-13(10-20-16(23)25-18(2,3)4)14(9-15(12)22)11-21-17(24)26-19(5,6)7/h12-15,22H,8-11H2,1-7H3,(H,20,23)(H,21,24)/t12-,13?,14+,15?/m1/s1. The smallest absolute Gasteiger partial charge is 0.407 e. The third kappa shape index (κ3) is 8.74. The molecule has 7 nitrogen and oxygen atoms in total. The van der Waals surface area contributed by atoms with E-state index in [1.165, 1.54) is 0 Å². The van der Waals surface area contributed by atoms with Crippen LogP contribution < -0.4 is 10.6 Å². The van der Waals surface area contributed by atoms with Crippen molar-refractivity contribution in [1.82, 2.24) is 10.6 Å². The van der Waals surface area contributed by atoms with Gasteiger partial charge in [-0.3, -0.25) is 0 Å². The fraction of sp³-hybridized carbons (Fsp3) is 0.895. The molecule has 3 N–H and O–H groups in total. The second-order valence-electron chi connectivity index (χ2n) is 9.30. The summed E-state index contributed by atoms with van der Waals surface area (Å²) < 4.78 is 10.5. The van der Waals surface area contributed by atoms with E-state index in [1.54, 1.807) is 0 Å². The van der Waals surface area contributed by atoms with Gasteiger partial charge in [0.05, 0.1) is 6.10 Å². The lowest BCUT2D eigenvalue weighted by molar-refractivity contribution is 0.0158. The van der Waals surface area contributed by atoms with Crippen molar-refractivity contribution in [2.75, 3.05) is 13.1 Å². The van der Waals surface area contributed by atoms with Gasteiger partial charge in [0, 0.05) is 13.1 Å². The molecule has 0 spiro atoms. The monoisotopic (exact) mass is 372 g/mol. The van der Waals surface area contributed by atoms with Crippen LogP contribution in [0.15, 0.2) is 0 Å². The first-order valence-corrected chi connectivity index (χ1v) is 9.38. The van der Waals surface area contributed by atoms with E-state index in [0.717, 1.165) is 6.42 Å². The van der Waals surface area contributed by atoms with Gasteiger partial charge in [-0.25, -0.2) is 9.59 Å². The first-order chi connectivity index (χ1) is 11.8. The van der Waals surface area contributed by atoms with E-state index in [0.29, 0.717) is 19.5 Å². The van der Waals surface area contributed by atoms with Gasteiger partial charge in [-0.1, -0.05) is 6.92 Å². The van der Waals surface area contributed by atoms with Crippen molar-refractivity contribution in [3.8, 4) is 0 Å². The summed E-state index contributed by atoms with van der Waals surface area (Å²) in [6, 6.07) is 0. The highest BCUT2D eigenvalue weighted by atomic mass is 16.6. The summed E-state index contributed by atoms with van der Waals surface area (Å²) in [4.78, 5) is 23.8. The second-order valence-corrected chi connectivity index (χ2v) is 9.30. The summed E-state index contributed by atoms with van der Waals surface area (Å²) in [5.41, 5.74) is -1.10. The maximum atomic E-state index is 11.9. The van der Waals surface area contributed by atoms with E-state index in [-0.39, 0.29) is 17.8 Å². The fourth-order valence-electron chi connectivity index (χ4n) is 3.12. The molecule has 2 unspecified atom stereocenters. The normalized spacial score (nSPS) is 26.8. The molecule has 152 valence electrons. The van der Waals surface area contributed by atoms with Crippen molar-refractivity contribution in [3.05, 3.63) is 0 Å². The predicted octanol–water partition coefficient (Wildman–Crippen LogP) is 3.06. The van der Waals surface area contributed by atoms with Gasteiger partial charge < -0.3 is 25.2 Å². The van der Waals surface area contributed by atoms with Crippen LogP contribution in [0.25, 0.3) is 0 Å². The third-order valence-corrected chi connectivity index (χ3v) is 4.36. The van der Waals surface area contributed by atoms with Gasteiger partial charge >= 0.3 is 12.2 Å². The molecule has 0 aromatic carbocycles. The van der Waals surface area contributed by atoms with Crippen LogP contribution in [-0.2, 0) is 9.47 Å². The molecule has 0 saturated heterocycles. The molecule has 0 radical (unpaired) electrons. The van der Waals surface area contributed by atoms with Gasteiger partial charge in [-0.2, -0.15) is 0 Å². The van der Waals surface area contributed by atoms with Gasteiger partial charge in [0.25, 0.3) is 0 Å². The number of aliphatic hydroxyl groups is 1. The quantitative estimate of drug-likeness (QED) is 0.705. The summed E-state index contributed by atoms with van der Waals surface area (Å²) in [5, 5.41) is 15.8. The molecule has 1 rings (SSSR count). The van der Waals surface area contributed by atoms with Gasteiger partial charge in [-0.15, -0.1) is 0 Å². The minimum atomic E-state index is -0.553. The molecule has 0 bridgehead atoms. The Morgan fingerprint density at radius 1 is 0.885 bits per heavy atom. The molecular formula is C19H36N2O5. The average molecular weight is 373 g/mol. The van der Waals surface area contributed by atoms with Crippen molar-refractivity contribution >= 4 is 12.2 Å². The summed E-state index contributed by atoms with van der Waals surface area (Å²) in [5.74, 6) is 0.359. The lowest BCUT2D eigenvalue weighted by Gasteiger charge is -2.38. The molecular weight excluding hydrogens is 336 g/mol. The van der Waals surface area contributed by atoms with Gasteiger partial charge in [0.1, 0.15) is 11.2 Å². The molecule has 26 heavy (non-hydrogen) atoms. The van der Waals surface area contributed by atoms with E-state index in [4.69, 9.17) is 9.47 Å². The average Bonchev–Trinajstić information content (AvgIpc) is 2.43. The number of alkyl carbamates (subject to hydrolysis) is 2. The highest BCUT2D eigenvalue weighted by Crippen LogP contribution is 2.33. The number of hydrogen-bond acceptors (Lipinski definition) is 5.